The molecule has 1 rings (SSSR count). The van der Waals surface area contributed by atoms with E-state index in [1.165, 1.54) is 6.42 Å². The van der Waals surface area contributed by atoms with Crippen LogP contribution in [0.2, 0.25) is 0 Å². The minimum atomic E-state index is 0.190. The molecule has 2 atom stereocenters. The van der Waals surface area contributed by atoms with Gasteiger partial charge in [-0.15, -0.1) is 0 Å². The molecule has 1 aliphatic heterocycles. The van der Waals surface area contributed by atoms with Crippen LogP contribution in [0.3, 0.4) is 0 Å². The zero-order valence-electron chi connectivity index (χ0n) is 12.3. The van der Waals surface area contributed by atoms with E-state index < -0.39 is 0 Å². The van der Waals surface area contributed by atoms with Crippen molar-refractivity contribution >= 4 is 5.78 Å². The summed E-state index contributed by atoms with van der Waals surface area (Å²) in [6.07, 6.45) is 5.49. The molecule has 0 spiro atoms. The van der Waals surface area contributed by atoms with Gasteiger partial charge in [-0.05, 0) is 45.6 Å². The van der Waals surface area contributed by atoms with Crippen LogP contribution in [0.15, 0.2) is 0 Å². The summed E-state index contributed by atoms with van der Waals surface area (Å²) in [5, 5.41) is 0. The fourth-order valence-electron chi connectivity index (χ4n) is 2.89. The first-order valence-electron chi connectivity index (χ1n) is 7.30. The van der Waals surface area contributed by atoms with Crippen molar-refractivity contribution in [1.82, 2.24) is 4.90 Å². The van der Waals surface area contributed by atoms with E-state index in [1.54, 1.807) is 0 Å². The average Bonchev–Trinajstić information content (AvgIpc) is 2.85. The highest BCUT2D eigenvalue weighted by molar-refractivity contribution is 5.86. The van der Waals surface area contributed by atoms with Gasteiger partial charge in [0.1, 0.15) is 0 Å². The third-order valence-electron chi connectivity index (χ3n) is 4.90. The Hall–Kier alpha value is -0.370. The fraction of sp³-hybridized carbons (Fsp3) is 0.933. The number of hydrogen-bond acceptors (Lipinski definition) is 2. The van der Waals surface area contributed by atoms with Gasteiger partial charge in [0, 0.05) is 11.5 Å². The van der Waals surface area contributed by atoms with E-state index in [0.29, 0.717) is 5.78 Å². The highest BCUT2D eigenvalue weighted by Gasteiger charge is 2.40. The van der Waals surface area contributed by atoms with Crippen LogP contribution in [0.25, 0.3) is 0 Å². The summed E-state index contributed by atoms with van der Waals surface area (Å²) in [7, 11) is 0. The number of hydrogen-bond donors (Lipinski definition) is 0. The van der Waals surface area contributed by atoms with Crippen LogP contribution in [0.1, 0.15) is 66.7 Å². The van der Waals surface area contributed by atoms with Gasteiger partial charge in [-0.2, -0.15) is 0 Å². The number of ketones is 1. The SMILES string of the molecule is CCC(C)C(=O)[C@@H]1CCCN1C(C)(CC)CC. The molecule has 100 valence electrons. The molecule has 17 heavy (non-hydrogen) atoms. The Labute approximate surface area is 107 Å². The van der Waals surface area contributed by atoms with Crippen LogP contribution in [-0.2, 0) is 4.79 Å². The lowest BCUT2D eigenvalue weighted by atomic mass is 9.89. The van der Waals surface area contributed by atoms with E-state index in [2.05, 4.69) is 39.5 Å². The van der Waals surface area contributed by atoms with Crippen molar-refractivity contribution in [1.29, 1.82) is 0 Å². The van der Waals surface area contributed by atoms with Crippen molar-refractivity contribution in [3.8, 4) is 0 Å². The largest absolute Gasteiger partial charge is 0.298 e. The van der Waals surface area contributed by atoms with E-state index in [4.69, 9.17) is 0 Å². The fourth-order valence-corrected chi connectivity index (χ4v) is 2.89. The predicted octanol–water partition coefficient (Wildman–Crippen LogP) is 3.64. The van der Waals surface area contributed by atoms with Crippen LogP contribution >= 0.6 is 0 Å². The van der Waals surface area contributed by atoms with Gasteiger partial charge in [0.05, 0.1) is 6.04 Å². The molecule has 2 heteroatoms. The standard InChI is InChI=1S/C15H29NO/c1-6-12(4)14(17)13-10-9-11-16(13)15(5,7-2)8-3/h12-13H,6-11H2,1-5H3/t12?,13-/m0/s1. The van der Waals surface area contributed by atoms with Gasteiger partial charge in [0.15, 0.2) is 5.78 Å². The first-order valence-corrected chi connectivity index (χ1v) is 7.30. The molecule has 1 saturated heterocycles. The number of Topliss-reactive ketones (excluding diaryl/α,β-unsaturated/α-hetero) is 1. The zero-order chi connectivity index (χ0) is 13.1. The zero-order valence-corrected chi connectivity index (χ0v) is 12.3. The number of likely N-dealkylation sites (tertiary alicyclic amines) is 1. The van der Waals surface area contributed by atoms with E-state index >= 15 is 0 Å². The maximum Gasteiger partial charge on any atom is 0.152 e. The van der Waals surface area contributed by atoms with Crippen LogP contribution in [-0.4, -0.2) is 28.8 Å². The molecule has 0 N–H and O–H groups in total. The Balaban J connectivity index is 2.82. The Kier molecular flexibility index (Phi) is 5.18. The van der Waals surface area contributed by atoms with Crippen LogP contribution in [0, 0.1) is 5.92 Å². The molecule has 0 amide bonds. The van der Waals surface area contributed by atoms with Crippen molar-refractivity contribution in [3.05, 3.63) is 0 Å². The maximum absolute atomic E-state index is 12.4. The summed E-state index contributed by atoms with van der Waals surface area (Å²) >= 11 is 0. The molecule has 0 radical (unpaired) electrons. The molecule has 0 bridgehead atoms. The summed E-state index contributed by atoms with van der Waals surface area (Å²) < 4.78 is 0. The van der Waals surface area contributed by atoms with E-state index in [9.17, 15) is 4.79 Å². The molecule has 1 fully saturated rings. The highest BCUT2D eigenvalue weighted by Crippen LogP contribution is 2.33. The summed E-state index contributed by atoms with van der Waals surface area (Å²) in [4.78, 5) is 14.9. The van der Waals surface area contributed by atoms with Crippen molar-refractivity contribution in [3.63, 3.8) is 0 Å². The number of carbonyl (C=O) groups is 1. The number of nitrogens with zero attached hydrogens (tertiary/aromatic N) is 1. The minimum absolute atomic E-state index is 0.190. The van der Waals surface area contributed by atoms with Gasteiger partial charge < -0.3 is 0 Å². The third-order valence-corrected chi connectivity index (χ3v) is 4.90. The van der Waals surface area contributed by atoms with Gasteiger partial charge in [-0.25, -0.2) is 0 Å². The number of rotatable bonds is 6. The van der Waals surface area contributed by atoms with Gasteiger partial charge in [0.2, 0.25) is 0 Å². The predicted molar refractivity (Wildman–Crippen MR) is 73.2 cm³/mol. The van der Waals surface area contributed by atoms with Gasteiger partial charge in [0.25, 0.3) is 0 Å². The lowest BCUT2D eigenvalue weighted by molar-refractivity contribution is -0.129. The average molecular weight is 239 g/mol. The quantitative estimate of drug-likeness (QED) is 0.705. The Morgan fingerprint density at radius 3 is 2.41 bits per heavy atom. The second kappa shape index (κ2) is 5.99. The van der Waals surface area contributed by atoms with Gasteiger partial charge in [-0.1, -0.05) is 27.7 Å². The van der Waals surface area contributed by atoms with Crippen molar-refractivity contribution < 1.29 is 4.79 Å². The van der Waals surface area contributed by atoms with E-state index in [0.717, 1.165) is 32.2 Å². The van der Waals surface area contributed by atoms with Crippen molar-refractivity contribution in [2.45, 2.75) is 78.3 Å². The summed E-state index contributed by atoms with van der Waals surface area (Å²) in [6, 6.07) is 0.190. The molecule has 0 aromatic carbocycles. The summed E-state index contributed by atoms with van der Waals surface area (Å²) in [5.41, 5.74) is 0.213. The Morgan fingerprint density at radius 2 is 1.94 bits per heavy atom. The molecule has 1 unspecified atom stereocenters. The maximum atomic E-state index is 12.4. The molecule has 0 aromatic heterocycles. The first-order chi connectivity index (χ1) is 8.00. The second-order valence-electron chi connectivity index (χ2n) is 5.77. The highest BCUT2D eigenvalue weighted by atomic mass is 16.1. The minimum Gasteiger partial charge on any atom is -0.298 e. The third kappa shape index (κ3) is 2.90. The van der Waals surface area contributed by atoms with Crippen molar-refractivity contribution in [2.75, 3.05) is 6.54 Å². The lowest BCUT2D eigenvalue weighted by Gasteiger charge is -2.41. The molecule has 0 aliphatic carbocycles. The summed E-state index contributed by atoms with van der Waals surface area (Å²) in [6.45, 7) is 12.1. The summed E-state index contributed by atoms with van der Waals surface area (Å²) in [5.74, 6) is 0.691. The molecular weight excluding hydrogens is 210 g/mol. The first kappa shape index (κ1) is 14.7. The molecule has 1 aliphatic rings. The molecule has 2 nitrogen and oxygen atoms in total. The van der Waals surface area contributed by atoms with Crippen LogP contribution in [0.5, 0.6) is 0 Å². The Morgan fingerprint density at radius 1 is 1.35 bits per heavy atom. The second-order valence-corrected chi connectivity index (χ2v) is 5.77. The van der Waals surface area contributed by atoms with Gasteiger partial charge >= 0.3 is 0 Å². The van der Waals surface area contributed by atoms with E-state index in [1.807, 2.05) is 0 Å². The Bertz CT molecular complexity index is 258. The van der Waals surface area contributed by atoms with Crippen molar-refractivity contribution in [2.24, 2.45) is 5.92 Å². The van der Waals surface area contributed by atoms with E-state index in [-0.39, 0.29) is 17.5 Å². The lowest BCUT2D eigenvalue weighted by Crippen LogP contribution is -2.51. The molecular formula is C15H29NO. The van der Waals surface area contributed by atoms with Gasteiger partial charge in [-0.3, -0.25) is 9.69 Å². The molecule has 0 saturated carbocycles. The van der Waals surface area contributed by atoms with Crippen LogP contribution < -0.4 is 0 Å². The monoisotopic (exact) mass is 239 g/mol. The van der Waals surface area contributed by atoms with Crippen LogP contribution in [0.4, 0.5) is 0 Å². The normalized spacial score (nSPS) is 23.9. The molecule has 1 heterocycles. The molecule has 0 aromatic rings. The smallest absolute Gasteiger partial charge is 0.152 e. The number of carbonyl (C=O) groups excluding carboxylic acids is 1. The topological polar surface area (TPSA) is 20.3 Å².